The van der Waals surface area contributed by atoms with E-state index in [0.717, 1.165) is 37.2 Å². The molecule has 2 heterocycles. The zero-order valence-electron chi connectivity index (χ0n) is 12.5. The summed E-state index contributed by atoms with van der Waals surface area (Å²) in [6.07, 6.45) is 4.78. The Kier molecular flexibility index (Phi) is 5.21. The van der Waals surface area contributed by atoms with Crippen LogP contribution in [0.5, 0.6) is 0 Å². The second-order valence-electron chi connectivity index (χ2n) is 5.71. The molecule has 0 saturated carbocycles. The third kappa shape index (κ3) is 3.48. The number of anilines is 1. The van der Waals surface area contributed by atoms with Crippen LogP contribution in [0, 0.1) is 5.41 Å². The summed E-state index contributed by atoms with van der Waals surface area (Å²) in [5.41, 5.74) is 1.39. The van der Waals surface area contributed by atoms with Crippen molar-refractivity contribution in [1.82, 2.24) is 10.3 Å². The summed E-state index contributed by atoms with van der Waals surface area (Å²) in [4.78, 5) is 16.4. The van der Waals surface area contributed by atoms with Crippen molar-refractivity contribution in [2.24, 2.45) is 5.41 Å². The van der Waals surface area contributed by atoms with Crippen molar-refractivity contribution in [2.75, 3.05) is 18.4 Å². The standard InChI is InChI=1S/C16H19N3O2.ClH/c1-16(5-7-17-8-6-16)15(20)19-13-4-2-3-12(9-13)14-10-18-11-21-14;/h2-4,9-11,17H,5-8H2,1H3,(H,19,20);1H. The van der Waals surface area contributed by atoms with Gasteiger partial charge in [0.1, 0.15) is 0 Å². The predicted molar refractivity (Wildman–Crippen MR) is 88.0 cm³/mol. The number of hydrogen-bond donors (Lipinski definition) is 2. The Morgan fingerprint density at radius 1 is 1.36 bits per heavy atom. The molecule has 6 heteroatoms. The van der Waals surface area contributed by atoms with E-state index in [1.54, 1.807) is 6.20 Å². The molecule has 1 aliphatic heterocycles. The van der Waals surface area contributed by atoms with E-state index in [0.29, 0.717) is 5.76 Å². The molecule has 22 heavy (non-hydrogen) atoms. The van der Waals surface area contributed by atoms with Gasteiger partial charge in [-0.3, -0.25) is 4.79 Å². The van der Waals surface area contributed by atoms with Gasteiger partial charge in [0.2, 0.25) is 5.91 Å². The molecule has 1 saturated heterocycles. The van der Waals surface area contributed by atoms with Gasteiger partial charge in [-0.15, -0.1) is 12.4 Å². The predicted octanol–water partition coefficient (Wildman–Crippen LogP) is 3.09. The molecule has 2 N–H and O–H groups in total. The van der Waals surface area contributed by atoms with E-state index in [9.17, 15) is 4.79 Å². The van der Waals surface area contributed by atoms with Gasteiger partial charge < -0.3 is 15.1 Å². The molecule has 118 valence electrons. The summed E-state index contributed by atoms with van der Waals surface area (Å²) >= 11 is 0. The summed E-state index contributed by atoms with van der Waals surface area (Å²) in [5.74, 6) is 0.776. The fourth-order valence-electron chi connectivity index (χ4n) is 2.60. The van der Waals surface area contributed by atoms with Crippen LogP contribution in [0.2, 0.25) is 0 Å². The lowest BCUT2D eigenvalue weighted by molar-refractivity contribution is -0.126. The minimum absolute atomic E-state index is 0. The first-order chi connectivity index (χ1) is 10.2. The number of rotatable bonds is 3. The number of halogens is 1. The largest absolute Gasteiger partial charge is 0.444 e. The van der Waals surface area contributed by atoms with Gasteiger partial charge in [-0.05, 0) is 38.1 Å². The van der Waals surface area contributed by atoms with Crippen molar-refractivity contribution in [1.29, 1.82) is 0 Å². The van der Waals surface area contributed by atoms with Crippen LogP contribution in [0.3, 0.4) is 0 Å². The molecule has 5 nitrogen and oxygen atoms in total. The third-order valence-corrected chi connectivity index (χ3v) is 4.09. The minimum Gasteiger partial charge on any atom is -0.444 e. The van der Waals surface area contributed by atoms with Gasteiger partial charge in [-0.25, -0.2) is 4.98 Å². The molecule has 1 fully saturated rings. The number of benzene rings is 1. The SMILES string of the molecule is CC1(C(=O)Nc2cccc(-c3cnco3)c2)CCNCC1.Cl. The number of amides is 1. The average molecular weight is 322 g/mol. The number of piperidine rings is 1. The lowest BCUT2D eigenvalue weighted by atomic mass is 9.80. The lowest BCUT2D eigenvalue weighted by Gasteiger charge is -2.32. The van der Waals surface area contributed by atoms with Crippen LogP contribution >= 0.6 is 12.4 Å². The number of nitrogens with one attached hydrogen (secondary N) is 2. The number of nitrogens with zero attached hydrogens (tertiary/aromatic N) is 1. The van der Waals surface area contributed by atoms with Gasteiger partial charge in [-0.1, -0.05) is 19.1 Å². The molecule has 3 rings (SSSR count). The Hall–Kier alpha value is -1.85. The highest BCUT2D eigenvalue weighted by atomic mass is 35.5. The second kappa shape index (κ2) is 6.94. The maximum atomic E-state index is 12.5. The summed E-state index contributed by atoms with van der Waals surface area (Å²) in [5, 5.41) is 6.31. The number of hydrogen-bond acceptors (Lipinski definition) is 4. The maximum Gasteiger partial charge on any atom is 0.230 e. The monoisotopic (exact) mass is 321 g/mol. The van der Waals surface area contributed by atoms with Crippen LogP contribution in [-0.2, 0) is 4.79 Å². The van der Waals surface area contributed by atoms with Crippen LogP contribution in [0.1, 0.15) is 19.8 Å². The van der Waals surface area contributed by atoms with Gasteiger partial charge in [0.05, 0.1) is 6.20 Å². The molecule has 1 aromatic carbocycles. The molecular formula is C16H20ClN3O2. The molecule has 0 bridgehead atoms. The van der Waals surface area contributed by atoms with Gasteiger partial charge >= 0.3 is 0 Å². The molecule has 1 amide bonds. The van der Waals surface area contributed by atoms with E-state index in [-0.39, 0.29) is 23.7 Å². The van der Waals surface area contributed by atoms with E-state index in [4.69, 9.17) is 4.42 Å². The zero-order chi connectivity index (χ0) is 14.7. The highest BCUT2D eigenvalue weighted by Gasteiger charge is 2.34. The Morgan fingerprint density at radius 2 is 2.14 bits per heavy atom. The van der Waals surface area contributed by atoms with Gasteiger partial charge in [0.25, 0.3) is 0 Å². The minimum atomic E-state index is -0.298. The van der Waals surface area contributed by atoms with E-state index >= 15 is 0 Å². The summed E-state index contributed by atoms with van der Waals surface area (Å²) in [6.45, 7) is 3.81. The molecule has 0 atom stereocenters. The van der Waals surface area contributed by atoms with Crippen molar-refractivity contribution >= 4 is 24.0 Å². The quantitative estimate of drug-likeness (QED) is 0.911. The Labute approximate surface area is 135 Å². The van der Waals surface area contributed by atoms with Crippen LogP contribution < -0.4 is 10.6 Å². The smallest absolute Gasteiger partial charge is 0.230 e. The van der Waals surface area contributed by atoms with Crippen LogP contribution in [0.15, 0.2) is 41.3 Å². The Morgan fingerprint density at radius 3 is 2.82 bits per heavy atom. The molecular weight excluding hydrogens is 302 g/mol. The Balaban J connectivity index is 0.00000176. The lowest BCUT2D eigenvalue weighted by Crippen LogP contribution is -2.42. The van der Waals surface area contributed by atoms with Crippen LogP contribution in [-0.4, -0.2) is 24.0 Å². The highest BCUT2D eigenvalue weighted by Crippen LogP contribution is 2.30. The molecule has 2 aromatic rings. The second-order valence-corrected chi connectivity index (χ2v) is 5.71. The number of aromatic nitrogens is 1. The fraction of sp³-hybridized carbons (Fsp3) is 0.375. The molecule has 0 unspecified atom stereocenters. The number of carbonyl (C=O) groups is 1. The molecule has 0 spiro atoms. The van der Waals surface area contributed by atoms with Crippen molar-refractivity contribution in [3.05, 3.63) is 36.9 Å². The van der Waals surface area contributed by atoms with Gasteiger partial charge in [0, 0.05) is 16.7 Å². The molecule has 0 aliphatic carbocycles. The topological polar surface area (TPSA) is 67.2 Å². The molecule has 0 radical (unpaired) electrons. The number of carbonyl (C=O) groups excluding carboxylic acids is 1. The van der Waals surface area contributed by atoms with Gasteiger partial charge in [-0.2, -0.15) is 0 Å². The van der Waals surface area contributed by atoms with Crippen LogP contribution in [0.4, 0.5) is 5.69 Å². The van der Waals surface area contributed by atoms with E-state index in [1.165, 1.54) is 6.39 Å². The van der Waals surface area contributed by atoms with Crippen LogP contribution in [0.25, 0.3) is 11.3 Å². The molecule has 1 aromatic heterocycles. The van der Waals surface area contributed by atoms with Gasteiger partial charge in [0.15, 0.2) is 12.2 Å². The zero-order valence-corrected chi connectivity index (χ0v) is 13.3. The highest BCUT2D eigenvalue weighted by molar-refractivity contribution is 5.95. The first kappa shape index (κ1) is 16.5. The van der Waals surface area contributed by atoms with Crippen molar-refractivity contribution in [3.8, 4) is 11.3 Å². The maximum absolute atomic E-state index is 12.5. The average Bonchev–Trinajstić information content (AvgIpc) is 3.02. The summed E-state index contributed by atoms with van der Waals surface area (Å²) in [6, 6.07) is 7.63. The van der Waals surface area contributed by atoms with E-state index < -0.39 is 0 Å². The Bertz CT molecular complexity index is 622. The van der Waals surface area contributed by atoms with Crippen molar-refractivity contribution in [2.45, 2.75) is 19.8 Å². The normalized spacial score (nSPS) is 16.6. The van der Waals surface area contributed by atoms with E-state index in [2.05, 4.69) is 15.6 Å². The summed E-state index contributed by atoms with van der Waals surface area (Å²) < 4.78 is 5.28. The number of oxazole rings is 1. The molecule has 1 aliphatic rings. The van der Waals surface area contributed by atoms with Crippen molar-refractivity contribution < 1.29 is 9.21 Å². The third-order valence-electron chi connectivity index (χ3n) is 4.09. The first-order valence-corrected chi connectivity index (χ1v) is 7.18. The fourth-order valence-corrected chi connectivity index (χ4v) is 2.60. The van der Waals surface area contributed by atoms with E-state index in [1.807, 2.05) is 31.2 Å². The first-order valence-electron chi connectivity index (χ1n) is 7.18. The van der Waals surface area contributed by atoms with Crippen molar-refractivity contribution in [3.63, 3.8) is 0 Å². The summed E-state index contributed by atoms with van der Waals surface area (Å²) in [7, 11) is 0.